The summed E-state index contributed by atoms with van der Waals surface area (Å²) in [6.45, 7) is 1.02. The maximum Gasteiger partial charge on any atom is 0.128 e. The lowest BCUT2D eigenvalue weighted by Gasteiger charge is -2.19. The van der Waals surface area contributed by atoms with E-state index in [1.54, 1.807) is 7.11 Å². The van der Waals surface area contributed by atoms with E-state index in [9.17, 15) is 0 Å². The molecule has 2 nitrogen and oxygen atoms in total. The van der Waals surface area contributed by atoms with Gasteiger partial charge in [-0.2, -0.15) is 0 Å². The molecule has 1 fully saturated rings. The molecule has 0 aromatic heterocycles. The number of benzene rings is 2. The third-order valence-corrected chi connectivity index (χ3v) is 5.02. The van der Waals surface area contributed by atoms with Gasteiger partial charge in [0.15, 0.2) is 0 Å². The minimum atomic E-state index is 0.781. The van der Waals surface area contributed by atoms with Crippen LogP contribution in [0.15, 0.2) is 36.4 Å². The molecule has 0 amide bonds. The predicted octanol–water partition coefficient (Wildman–Crippen LogP) is 4.02. The topological polar surface area (TPSA) is 25.8 Å². The quantitative estimate of drug-likeness (QED) is 0.906. The highest BCUT2D eigenvalue weighted by atomic mass is 16.5. The SMILES string of the molecule is COc1ccc2ccccc2c1C[NH2+]C1CCCCCCC1. The summed E-state index contributed by atoms with van der Waals surface area (Å²) < 4.78 is 5.62. The third-order valence-electron chi connectivity index (χ3n) is 5.02. The van der Waals surface area contributed by atoms with Gasteiger partial charge < -0.3 is 10.1 Å². The van der Waals surface area contributed by atoms with Crippen LogP contribution >= 0.6 is 0 Å². The molecule has 1 saturated carbocycles. The maximum absolute atomic E-state index is 5.62. The van der Waals surface area contributed by atoms with Gasteiger partial charge in [0.2, 0.25) is 0 Å². The molecular weight excluding hydrogens is 270 g/mol. The Kier molecular flexibility index (Phi) is 5.33. The smallest absolute Gasteiger partial charge is 0.128 e. The fourth-order valence-electron chi connectivity index (χ4n) is 3.73. The van der Waals surface area contributed by atoms with E-state index in [0.29, 0.717) is 0 Å². The number of nitrogens with two attached hydrogens (primary N) is 1. The molecule has 0 heterocycles. The molecule has 0 atom stereocenters. The Hall–Kier alpha value is -1.54. The summed E-state index contributed by atoms with van der Waals surface area (Å²) in [5, 5.41) is 5.20. The van der Waals surface area contributed by atoms with Crippen molar-refractivity contribution in [3.05, 3.63) is 42.0 Å². The van der Waals surface area contributed by atoms with Gasteiger partial charge >= 0.3 is 0 Å². The summed E-state index contributed by atoms with van der Waals surface area (Å²) in [5.41, 5.74) is 1.35. The molecule has 2 aromatic rings. The lowest BCUT2D eigenvalue weighted by atomic mass is 9.96. The molecule has 0 unspecified atom stereocenters. The largest absolute Gasteiger partial charge is 0.496 e. The van der Waals surface area contributed by atoms with E-state index in [4.69, 9.17) is 4.74 Å². The van der Waals surface area contributed by atoms with Gasteiger partial charge in [0.05, 0.1) is 18.7 Å². The van der Waals surface area contributed by atoms with Crippen LogP contribution in [-0.4, -0.2) is 13.2 Å². The minimum Gasteiger partial charge on any atom is -0.496 e. The highest BCUT2D eigenvalue weighted by Crippen LogP contribution is 2.27. The molecule has 0 spiro atoms. The van der Waals surface area contributed by atoms with Crippen LogP contribution in [0, 0.1) is 0 Å². The zero-order valence-electron chi connectivity index (χ0n) is 13.7. The highest BCUT2D eigenvalue weighted by molar-refractivity contribution is 5.87. The molecule has 1 aliphatic carbocycles. The normalized spacial score (nSPS) is 17.1. The molecule has 3 rings (SSSR count). The summed E-state index contributed by atoms with van der Waals surface area (Å²) in [4.78, 5) is 0. The average Bonchev–Trinajstić information content (AvgIpc) is 2.53. The fourth-order valence-corrected chi connectivity index (χ4v) is 3.73. The molecule has 1 aliphatic rings. The molecule has 2 N–H and O–H groups in total. The Balaban J connectivity index is 1.77. The van der Waals surface area contributed by atoms with Gasteiger partial charge in [-0.25, -0.2) is 0 Å². The standard InChI is InChI=1S/C20H27NO/c1-22-20-14-13-16-9-7-8-12-18(16)19(20)15-21-17-10-5-3-2-4-6-11-17/h7-9,12-14,17,21H,2-6,10-11,15H2,1H3/p+1. The van der Waals surface area contributed by atoms with Crippen molar-refractivity contribution in [1.29, 1.82) is 0 Å². The van der Waals surface area contributed by atoms with Gasteiger partial charge in [-0.3, -0.25) is 0 Å². The highest BCUT2D eigenvalue weighted by Gasteiger charge is 2.16. The summed E-state index contributed by atoms with van der Waals surface area (Å²) in [5.74, 6) is 1.03. The molecule has 2 aromatic carbocycles. The number of quaternary nitrogens is 1. The molecule has 0 saturated heterocycles. The van der Waals surface area contributed by atoms with E-state index >= 15 is 0 Å². The Labute approximate surface area is 133 Å². The number of hydrogen-bond acceptors (Lipinski definition) is 1. The third kappa shape index (κ3) is 3.61. The first-order valence-electron chi connectivity index (χ1n) is 8.76. The summed E-state index contributed by atoms with van der Waals surface area (Å²) in [6.07, 6.45) is 9.80. The second-order valence-corrected chi connectivity index (χ2v) is 6.51. The molecule has 118 valence electrons. The molecule has 0 radical (unpaired) electrons. The first-order chi connectivity index (χ1) is 10.9. The Morgan fingerprint density at radius 2 is 1.68 bits per heavy atom. The van der Waals surface area contributed by atoms with Crippen molar-refractivity contribution in [2.24, 2.45) is 0 Å². The van der Waals surface area contributed by atoms with E-state index in [0.717, 1.165) is 18.3 Å². The Morgan fingerprint density at radius 3 is 2.45 bits per heavy atom. The zero-order valence-corrected chi connectivity index (χ0v) is 13.7. The van der Waals surface area contributed by atoms with Gasteiger partial charge in [0.1, 0.15) is 12.3 Å². The lowest BCUT2D eigenvalue weighted by Crippen LogP contribution is -2.88. The minimum absolute atomic E-state index is 0.781. The first kappa shape index (κ1) is 15.4. The van der Waals surface area contributed by atoms with Crippen LogP contribution in [0.25, 0.3) is 10.8 Å². The van der Waals surface area contributed by atoms with E-state index < -0.39 is 0 Å². The maximum atomic E-state index is 5.62. The van der Waals surface area contributed by atoms with Crippen LogP contribution in [-0.2, 0) is 6.54 Å². The van der Waals surface area contributed by atoms with Gasteiger partial charge in [-0.15, -0.1) is 0 Å². The number of hydrogen-bond donors (Lipinski definition) is 1. The van der Waals surface area contributed by atoms with Crippen molar-refractivity contribution in [2.45, 2.75) is 57.5 Å². The first-order valence-corrected chi connectivity index (χ1v) is 8.76. The number of ether oxygens (including phenoxy) is 1. The van der Waals surface area contributed by atoms with Crippen LogP contribution < -0.4 is 10.1 Å². The van der Waals surface area contributed by atoms with Crippen molar-refractivity contribution in [1.82, 2.24) is 0 Å². The van der Waals surface area contributed by atoms with Gasteiger partial charge in [0, 0.05) is 0 Å². The molecule has 0 aliphatic heterocycles. The van der Waals surface area contributed by atoms with E-state index in [2.05, 4.69) is 41.7 Å². The van der Waals surface area contributed by atoms with Crippen molar-refractivity contribution in [2.75, 3.05) is 7.11 Å². The molecule has 0 bridgehead atoms. The molecule has 2 heteroatoms. The van der Waals surface area contributed by atoms with Crippen LogP contribution in [0.3, 0.4) is 0 Å². The van der Waals surface area contributed by atoms with Gasteiger partial charge in [0.25, 0.3) is 0 Å². The summed E-state index contributed by atoms with van der Waals surface area (Å²) >= 11 is 0. The second-order valence-electron chi connectivity index (χ2n) is 6.51. The van der Waals surface area contributed by atoms with E-state index in [1.807, 2.05) is 0 Å². The summed E-state index contributed by atoms with van der Waals surface area (Å²) in [6, 6.07) is 13.7. The molecule has 22 heavy (non-hydrogen) atoms. The van der Waals surface area contributed by atoms with Crippen molar-refractivity contribution >= 4 is 10.8 Å². The van der Waals surface area contributed by atoms with Gasteiger partial charge in [-0.05, 0) is 42.5 Å². The van der Waals surface area contributed by atoms with Crippen molar-refractivity contribution in [3.63, 3.8) is 0 Å². The monoisotopic (exact) mass is 298 g/mol. The van der Waals surface area contributed by atoms with E-state index in [1.165, 1.54) is 61.3 Å². The number of fused-ring (bicyclic) bond motifs is 1. The fraction of sp³-hybridized carbons (Fsp3) is 0.500. The van der Waals surface area contributed by atoms with Crippen LogP contribution in [0.1, 0.15) is 50.5 Å². The molecular formula is C20H28NO+. The van der Waals surface area contributed by atoms with Crippen LogP contribution in [0.4, 0.5) is 0 Å². The van der Waals surface area contributed by atoms with Crippen molar-refractivity contribution in [3.8, 4) is 5.75 Å². The number of methoxy groups -OCH3 is 1. The average molecular weight is 298 g/mol. The van der Waals surface area contributed by atoms with Crippen LogP contribution in [0.5, 0.6) is 5.75 Å². The number of rotatable bonds is 4. The Morgan fingerprint density at radius 1 is 0.955 bits per heavy atom. The van der Waals surface area contributed by atoms with Crippen LogP contribution in [0.2, 0.25) is 0 Å². The lowest BCUT2D eigenvalue weighted by molar-refractivity contribution is -0.705. The Bertz CT molecular complexity index is 600. The second kappa shape index (κ2) is 7.64. The van der Waals surface area contributed by atoms with E-state index in [-0.39, 0.29) is 0 Å². The summed E-state index contributed by atoms with van der Waals surface area (Å²) in [7, 11) is 1.78. The van der Waals surface area contributed by atoms with Crippen molar-refractivity contribution < 1.29 is 10.1 Å². The predicted molar refractivity (Wildman–Crippen MR) is 92.2 cm³/mol. The van der Waals surface area contributed by atoms with Gasteiger partial charge in [-0.1, -0.05) is 49.6 Å². The zero-order chi connectivity index (χ0) is 15.2.